The lowest BCUT2D eigenvalue weighted by Gasteiger charge is -2.28. The smallest absolute Gasteiger partial charge is 0.232 e. The highest BCUT2D eigenvalue weighted by molar-refractivity contribution is 7.92. The SMILES string of the molecule is CC(C)Oc1ccc(C(C)(C)C)c(N(C)S(C)(=O)=O)c1. The van der Waals surface area contributed by atoms with Crippen molar-refractivity contribution in [2.24, 2.45) is 0 Å². The first kappa shape index (κ1) is 16.8. The van der Waals surface area contributed by atoms with Gasteiger partial charge < -0.3 is 4.74 Å². The van der Waals surface area contributed by atoms with E-state index in [1.807, 2.05) is 26.0 Å². The molecule has 0 heterocycles. The van der Waals surface area contributed by atoms with Crippen LogP contribution in [-0.2, 0) is 15.4 Å². The van der Waals surface area contributed by atoms with Crippen molar-refractivity contribution in [3.63, 3.8) is 0 Å². The lowest BCUT2D eigenvalue weighted by molar-refractivity contribution is 0.242. The fourth-order valence-electron chi connectivity index (χ4n) is 1.93. The van der Waals surface area contributed by atoms with E-state index >= 15 is 0 Å². The Hall–Kier alpha value is -1.23. The molecule has 0 bridgehead atoms. The molecule has 1 aromatic carbocycles. The quantitative estimate of drug-likeness (QED) is 0.858. The van der Waals surface area contributed by atoms with Gasteiger partial charge in [-0.2, -0.15) is 0 Å². The van der Waals surface area contributed by atoms with Gasteiger partial charge in [0.1, 0.15) is 5.75 Å². The van der Waals surface area contributed by atoms with E-state index in [1.54, 1.807) is 13.1 Å². The summed E-state index contributed by atoms with van der Waals surface area (Å²) in [5.41, 5.74) is 1.49. The first-order chi connectivity index (χ1) is 8.93. The van der Waals surface area contributed by atoms with Crippen LogP contribution in [0.5, 0.6) is 5.75 Å². The summed E-state index contributed by atoms with van der Waals surface area (Å²) in [4.78, 5) is 0. The van der Waals surface area contributed by atoms with Crippen LogP contribution in [0.2, 0.25) is 0 Å². The Morgan fingerprint density at radius 3 is 2.15 bits per heavy atom. The third kappa shape index (κ3) is 4.13. The van der Waals surface area contributed by atoms with Gasteiger partial charge in [0.15, 0.2) is 0 Å². The average Bonchev–Trinajstić information content (AvgIpc) is 2.24. The zero-order valence-electron chi connectivity index (χ0n) is 13.4. The summed E-state index contributed by atoms with van der Waals surface area (Å²) >= 11 is 0. The van der Waals surface area contributed by atoms with Crippen LogP contribution in [0.3, 0.4) is 0 Å². The molecule has 0 aliphatic carbocycles. The van der Waals surface area contributed by atoms with Crippen LogP contribution in [0.4, 0.5) is 5.69 Å². The number of ether oxygens (including phenoxy) is 1. The third-order valence-corrected chi connectivity index (χ3v) is 4.18. The fourth-order valence-corrected chi connectivity index (χ4v) is 2.44. The van der Waals surface area contributed by atoms with Crippen molar-refractivity contribution in [1.82, 2.24) is 0 Å². The maximum Gasteiger partial charge on any atom is 0.232 e. The molecule has 0 radical (unpaired) electrons. The van der Waals surface area contributed by atoms with Gasteiger partial charge in [-0.05, 0) is 30.9 Å². The molecule has 20 heavy (non-hydrogen) atoms. The standard InChI is InChI=1S/C15H25NO3S/c1-11(2)19-12-8-9-13(15(3,4)5)14(10-12)16(6)20(7,17)18/h8-11H,1-7H3. The van der Waals surface area contributed by atoms with Crippen LogP contribution in [0.15, 0.2) is 18.2 Å². The van der Waals surface area contributed by atoms with E-state index in [0.29, 0.717) is 11.4 Å². The van der Waals surface area contributed by atoms with Gasteiger partial charge in [-0.1, -0.05) is 26.8 Å². The normalized spacial score (nSPS) is 12.6. The number of benzene rings is 1. The van der Waals surface area contributed by atoms with Crippen LogP contribution >= 0.6 is 0 Å². The minimum Gasteiger partial charge on any atom is -0.491 e. The van der Waals surface area contributed by atoms with Gasteiger partial charge >= 0.3 is 0 Å². The summed E-state index contributed by atoms with van der Waals surface area (Å²) in [6.45, 7) is 10.1. The Morgan fingerprint density at radius 2 is 1.75 bits per heavy atom. The van der Waals surface area contributed by atoms with Crippen molar-refractivity contribution < 1.29 is 13.2 Å². The Balaban J connectivity index is 3.42. The molecule has 0 aliphatic heterocycles. The van der Waals surface area contributed by atoms with Gasteiger partial charge in [0.2, 0.25) is 10.0 Å². The molecule has 0 atom stereocenters. The Kier molecular flexibility index (Phi) is 4.74. The summed E-state index contributed by atoms with van der Waals surface area (Å²) in [7, 11) is -1.74. The summed E-state index contributed by atoms with van der Waals surface area (Å²) < 4.78 is 30.6. The topological polar surface area (TPSA) is 46.6 Å². The molecule has 0 spiro atoms. The molecule has 0 N–H and O–H groups in total. The first-order valence-electron chi connectivity index (χ1n) is 6.68. The zero-order valence-corrected chi connectivity index (χ0v) is 14.2. The Bertz CT molecular complexity index is 571. The molecular formula is C15H25NO3S. The van der Waals surface area contributed by atoms with Crippen molar-refractivity contribution in [3.8, 4) is 5.75 Å². The Morgan fingerprint density at radius 1 is 1.20 bits per heavy atom. The van der Waals surface area contributed by atoms with E-state index in [0.717, 1.165) is 5.56 Å². The van der Waals surface area contributed by atoms with Gasteiger partial charge in [0.05, 0.1) is 18.0 Å². The first-order valence-corrected chi connectivity index (χ1v) is 8.53. The van der Waals surface area contributed by atoms with Crippen molar-refractivity contribution in [3.05, 3.63) is 23.8 Å². The maximum atomic E-state index is 11.8. The predicted octanol–water partition coefficient (Wildman–Crippen LogP) is 3.17. The zero-order chi connectivity index (χ0) is 15.7. The van der Waals surface area contributed by atoms with E-state index in [-0.39, 0.29) is 11.5 Å². The van der Waals surface area contributed by atoms with E-state index < -0.39 is 10.0 Å². The van der Waals surface area contributed by atoms with E-state index in [2.05, 4.69) is 20.8 Å². The molecule has 0 aliphatic rings. The lowest BCUT2D eigenvalue weighted by Crippen LogP contribution is -2.28. The summed E-state index contributed by atoms with van der Waals surface area (Å²) in [6, 6.07) is 5.62. The van der Waals surface area contributed by atoms with Gasteiger partial charge in [0.25, 0.3) is 0 Å². The van der Waals surface area contributed by atoms with E-state index in [9.17, 15) is 8.42 Å². The second-order valence-corrected chi connectivity index (χ2v) is 8.34. The predicted molar refractivity (Wildman–Crippen MR) is 84.2 cm³/mol. The third-order valence-electron chi connectivity index (χ3n) is 2.99. The molecule has 114 valence electrons. The molecule has 0 saturated heterocycles. The van der Waals surface area contributed by atoms with Crippen LogP contribution < -0.4 is 9.04 Å². The van der Waals surface area contributed by atoms with Crippen molar-refractivity contribution in [2.45, 2.75) is 46.1 Å². The van der Waals surface area contributed by atoms with Crippen LogP contribution in [0, 0.1) is 0 Å². The van der Waals surface area contributed by atoms with Crippen molar-refractivity contribution in [1.29, 1.82) is 0 Å². The molecular weight excluding hydrogens is 274 g/mol. The number of sulfonamides is 1. The van der Waals surface area contributed by atoms with E-state index in [1.165, 1.54) is 10.6 Å². The molecule has 5 heteroatoms. The Labute approximate surface area is 122 Å². The lowest BCUT2D eigenvalue weighted by atomic mass is 9.85. The molecule has 0 fully saturated rings. The second kappa shape index (κ2) is 5.64. The molecule has 0 amide bonds. The highest BCUT2D eigenvalue weighted by atomic mass is 32.2. The van der Waals surface area contributed by atoms with Crippen LogP contribution in [-0.4, -0.2) is 27.8 Å². The van der Waals surface area contributed by atoms with Crippen LogP contribution in [0.1, 0.15) is 40.2 Å². The van der Waals surface area contributed by atoms with Gasteiger partial charge in [-0.15, -0.1) is 0 Å². The highest BCUT2D eigenvalue weighted by Gasteiger charge is 2.24. The van der Waals surface area contributed by atoms with E-state index in [4.69, 9.17) is 4.74 Å². The highest BCUT2D eigenvalue weighted by Crippen LogP contribution is 2.35. The molecule has 0 unspecified atom stereocenters. The molecule has 4 nitrogen and oxygen atoms in total. The van der Waals surface area contributed by atoms with Crippen LogP contribution in [0.25, 0.3) is 0 Å². The fraction of sp³-hybridized carbons (Fsp3) is 0.600. The maximum absolute atomic E-state index is 11.8. The second-order valence-electron chi connectivity index (χ2n) is 6.33. The van der Waals surface area contributed by atoms with Crippen molar-refractivity contribution in [2.75, 3.05) is 17.6 Å². The number of hydrogen-bond acceptors (Lipinski definition) is 3. The van der Waals surface area contributed by atoms with Gasteiger partial charge in [0, 0.05) is 13.1 Å². The summed E-state index contributed by atoms with van der Waals surface area (Å²) in [5, 5.41) is 0. The molecule has 0 saturated carbocycles. The number of nitrogens with zero attached hydrogens (tertiary/aromatic N) is 1. The molecule has 1 aromatic rings. The minimum absolute atomic E-state index is 0.0480. The molecule has 1 rings (SSSR count). The average molecular weight is 299 g/mol. The minimum atomic E-state index is -3.31. The monoisotopic (exact) mass is 299 g/mol. The van der Waals surface area contributed by atoms with Crippen molar-refractivity contribution >= 4 is 15.7 Å². The number of hydrogen-bond donors (Lipinski definition) is 0. The molecule has 0 aromatic heterocycles. The number of rotatable bonds is 4. The summed E-state index contributed by atoms with van der Waals surface area (Å²) in [6.07, 6.45) is 1.25. The largest absolute Gasteiger partial charge is 0.491 e. The van der Waals surface area contributed by atoms with Gasteiger partial charge in [-0.3, -0.25) is 4.31 Å². The number of anilines is 1. The summed E-state index contributed by atoms with van der Waals surface area (Å²) in [5.74, 6) is 0.679. The van der Waals surface area contributed by atoms with Gasteiger partial charge in [-0.25, -0.2) is 8.42 Å².